The number of nitriles is 1. The Morgan fingerprint density at radius 1 is 1.48 bits per heavy atom. The molecule has 1 fully saturated rings. The fourth-order valence-corrected chi connectivity index (χ4v) is 3.14. The molecule has 124 valence electrons. The molecule has 7 heteroatoms. The molecule has 1 aromatic rings. The molecule has 1 saturated heterocycles. The first-order valence-electron chi connectivity index (χ1n) is 7.35. The number of alkyl halides is 1. The van der Waals surface area contributed by atoms with Crippen molar-refractivity contribution in [3.8, 4) is 11.8 Å². The van der Waals surface area contributed by atoms with Crippen LogP contribution in [0.5, 0.6) is 5.75 Å². The summed E-state index contributed by atoms with van der Waals surface area (Å²) in [5, 5.41) is 12.3. The molecule has 0 saturated carbocycles. The van der Waals surface area contributed by atoms with Crippen molar-refractivity contribution < 1.29 is 13.9 Å². The molecule has 0 aromatic heterocycles. The average Bonchev–Trinajstić information content (AvgIpc) is 2.94. The van der Waals surface area contributed by atoms with Gasteiger partial charge in [0.15, 0.2) is 0 Å². The molecule has 0 aliphatic carbocycles. The zero-order valence-corrected chi connectivity index (χ0v) is 13.6. The zero-order valence-electron chi connectivity index (χ0n) is 12.8. The van der Waals surface area contributed by atoms with Gasteiger partial charge >= 0.3 is 0 Å². The Balaban J connectivity index is 0.00000192. The van der Waals surface area contributed by atoms with Gasteiger partial charge in [0.25, 0.3) is 0 Å². The first-order chi connectivity index (χ1) is 10.6. The molecule has 1 amide bonds. The standard InChI is InChI=1S/C16H18FN3O2.ClH/c1-22-14-3-2-10-5-15(19-8-11(10)4-14)16(21)20-9-12(17)6-13(20)7-18;/h2-4,12-13,15,19H,5-6,8-9H2,1H3;1H/t12-,13-,15-;/m0./s1. The highest BCUT2D eigenvalue weighted by molar-refractivity contribution is 5.85. The van der Waals surface area contributed by atoms with E-state index in [0.717, 1.165) is 16.9 Å². The van der Waals surface area contributed by atoms with Crippen LogP contribution >= 0.6 is 12.4 Å². The Kier molecular flexibility index (Phi) is 5.45. The fraction of sp³-hybridized carbons (Fsp3) is 0.500. The van der Waals surface area contributed by atoms with Crippen molar-refractivity contribution in [2.24, 2.45) is 0 Å². The predicted molar refractivity (Wildman–Crippen MR) is 85.2 cm³/mol. The van der Waals surface area contributed by atoms with E-state index in [9.17, 15) is 9.18 Å². The van der Waals surface area contributed by atoms with Crippen LogP contribution in [-0.2, 0) is 17.8 Å². The number of nitrogens with zero attached hydrogens (tertiary/aromatic N) is 2. The molecule has 2 aliphatic rings. The number of amides is 1. The average molecular weight is 340 g/mol. The molecular formula is C16H19ClFN3O2. The third kappa shape index (κ3) is 3.41. The predicted octanol–water partition coefficient (Wildman–Crippen LogP) is 1.59. The Hall–Kier alpha value is -1.84. The molecule has 0 unspecified atom stereocenters. The van der Waals surface area contributed by atoms with Gasteiger partial charge < -0.3 is 15.0 Å². The summed E-state index contributed by atoms with van der Waals surface area (Å²) in [5.74, 6) is 0.600. The van der Waals surface area contributed by atoms with Gasteiger partial charge in [-0.25, -0.2) is 4.39 Å². The number of likely N-dealkylation sites (tertiary alicyclic amines) is 1. The minimum atomic E-state index is -1.10. The highest BCUT2D eigenvalue weighted by Gasteiger charge is 2.39. The number of ether oxygens (including phenoxy) is 1. The van der Waals surface area contributed by atoms with Gasteiger partial charge in [-0.15, -0.1) is 12.4 Å². The van der Waals surface area contributed by atoms with Gasteiger partial charge in [-0.1, -0.05) is 6.07 Å². The van der Waals surface area contributed by atoms with Gasteiger partial charge in [0.2, 0.25) is 5.91 Å². The van der Waals surface area contributed by atoms with Crippen molar-refractivity contribution in [2.75, 3.05) is 13.7 Å². The van der Waals surface area contributed by atoms with Crippen LogP contribution in [0.3, 0.4) is 0 Å². The molecule has 2 aliphatic heterocycles. The number of hydrogen-bond acceptors (Lipinski definition) is 4. The second-order valence-electron chi connectivity index (χ2n) is 5.74. The monoisotopic (exact) mass is 339 g/mol. The smallest absolute Gasteiger partial charge is 0.241 e. The van der Waals surface area contributed by atoms with Crippen molar-refractivity contribution in [1.29, 1.82) is 5.26 Å². The Morgan fingerprint density at radius 3 is 2.96 bits per heavy atom. The lowest BCUT2D eigenvalue weighted by molar-refractivity contribution is -0.133. The van der Waals surface area contributed by atoms with E-state index in [-0.39, 0.29) is 31.3 Å². The van der Waals surface area contributed by atoms with E-state index in [1.54, 1.807) is 7.11 Å². The summed E-state index contributed by atoms with van der Waals surface area (Å²) in [6.45, 7) is 0.581. The first-order valence-corrected chi connectivity index (χ1v) is 7.35. The molecule has 23 heavy (non-hydrogen) atoms. The molecule has 0 bridgehead atoms. The fourth-order valence-electron chi connectivity index (χ4n) is 3.14. The van der Waals surface area contributed by atoms with Crippen LogP contribution in [-0.4, -0.2) is 42.7 Å². The lowest BCUT2D eigenvalue weighted by atomic mass is 9.94. The number of rotatable bonds is 2. The Labute approximate surface area is 140 Å². The summed E-state index contributed by atoms with van der Waals surface area (Å²) in [5.41, 5.74) is 2.19. The summed E-state index contributed by atoms with van der Waals surface area (Å²) in [6, 6.07) is 6.75. The zero-order chi connectivity index (χ0) is 15.7. The number of carbonyl (C=O) groups excluding carboxylic acids is 1. The normalized spacial score (nSPS) is 26.0. The van der Waals surface area contributed by atoms with Crippen molar-refractivity contribution in [2.45, 2.75) is 37.6 Å². The number of nitrogens with one attached hydrogen (secondary N) is 1. The van der Waals surface area contributed by atoms with E-state index in [1.807, 2.05) is 24.3 Å². The number of fused-ring (bicyclic) bond motifs is 1. The summed E-state index contributed by atoms with van der Waals surface area (Å²) < 4.78 is 18.7. The third-order valence-corrected chi connectivity index (χ3v) is 4.36. The molecule has 0 radical (unpaired) electrons. The lowest BCUT2D eigenvalue weighted by Crippen LogP contribution is -2.50. The van der Waals surface area contributed by atoms with Crippen molar-refractivity contribution in [3.05, 3.63) is 29.3 Å². The Bertz CT molecular complexity index is 634. The molecule has 5 nitrogen and oxygen atoms in total. The first kappa shape index (κ1) is 17.5. The van der Waals surface area contributed by atoms with E-state index in [1.165, 1.54) is 4.90 Å². The van der Waals surface area contributed by atoms with Gasteiger partial charge in [-0.3, -0.25) is 4.79 Å². The van der Waals surface area contributed by atoms with E-state index in [4.69, 9.17) is 10.00 Å². The second-order valence-corrected chi connectivity index (χ2v) is 5.74. The Morgan fingerprint density at radius 2 is 2.26 bits per heavy atom. The number of halogens is 2. The van der Waals surface area contributed by atoms with Crippen molar-refractivity contribution in [3.63, 3.8) is 0 Å². The molecule has 1 aromatic carbocycles. The van der Waals surface area contributed by atoms with Gasteiger partial charge in [0, 0.05) is 13.0 Å². The largest absolute Gasteiger partial charge is 0.497 e. The molecule has 0 spiro atoms. The molecule has 3 rings (SSSR count). The topological polar surface area (TPSA) is 65.4 Å². The number of methoxy groups -OCH3 is 1. The summed E-state index contributed by atoms with van der Waals surface area (Å²) >= 11 is 0. The third-order valence-electron chi connectivity index (χ3n) is 4.36. The quantitative estimate of drug-likeness (QED) is 0.888. The van der Waals surface area contributed by atoms with Gasteiger partial charge in [-0.2, -0.15) is 5.26 Å². The lowest BCUT2D eigenvalue weighted by Gasteiger charge is -2.30. The van der Waals surface area contributed by atoms with E-state index in [2.05, 4.69) is 5.32 Å². The minimum absolute atomic E-state index is 0. The maximum Gasteiger partial charge on any atom is 0.241 e. The van der Waals surface area contributed by atoms with E-state index >= 15 is 0 Å². The highest BCUT2D eigenvalue weighted by Crippen LogP contribution is 2.25. The van der Waals surface area contributed by atoms with Crippen molar-refractivity contribution >= 4 is 18.3 Å². The van der Waals surface area contributed by atoms with E-state index in [0.29, 0.717) is 13.0 Å². The molecule has 1 N–H and O–H groups in total. The number of benzene rings is 1. The summed E-state index contributed by atoms with van der Waals surface area (Å²) in [6.07, 6.45) is -0.444. The van der Waals surface area contributed by atoms with Crippen LogP contribution in [0.25, 0.3) is 0 Å². The molecule has 3 atom stereocenters. The SMILES string of the molecule is COc1ccc2c(c1)CN[C@H](C(=O)N1C[C@@H](F)C[C@H]1C#N)C2.Cl. The number of hydrogen-bond donors (Lipinski definition) is 1. The van der Waals surface area contributed by atoms with Gasteiger partial charge in [0.1, 0.15) is 18.0 Å². The van der Waals surface area contributed by atoms with Crippen LogP contribution in [0.15, 0.2) is 18.2 Å². The maximum atomic E-state index is 13.5. The van der Waals surface area contributed by atoms with Crippen LogP contribution < -0.4 is 10.1 Å². The maximum absolute atomic E-state index is 13.5. The molecular weight excluding hydrogens is 321 g/mol. The van der Waals surface area contributed by atoms with Crippen LogP contribution in [0.4, 0.5) is 4.39 Å². The van der Waals surface area contributed by atoms with Gasteiger partial charge in [-0.05, 0) is 29.7 Å². The summed E-state index contributed by atoms with van der Waals surface area (Å²) in [7, 11) is 1.62. The molecule has 2 heterocycles. The number of carbonyl (C=O) groups is 1. The van der Waals surface area contributed by atoms with Gasteiger partial charge in [0.05, 0.1) is 25.8 Å². The van der Waals surface area contributed by atoms with E-state index < -0.39 is 18.3 Å². The van der Waals surface area contributed by atoms with Crippen LogP contribution in [0, 0.1) is 11.3 Å². The second kappa shape index (κ2) is 7.16. The van der Waals surface area contributed by atoms with Crippen LogP contribution in [0.2, 0.25) is 0 Å². The minimum Gasteiger partial charge on any atom is -0.497 e. The van der Waals surface area contributed by atoms with Crippen molar-refractivity contribution in [1.82, 2.24) is 10.2 Å². The summed E-state index contributed by atoms with van der Waals surface area (Å²) in [4.78, 5) is 13.9. The van der Waals surface area contributed by atoms with Crippen LogP contribution in [0.1, 0.15) is 17.5 Å². The highest BCUT2D eigenvalue weighted by atomic mass is 35.5.